The Bertz CT molecular complexity index is 1150. The Hall–Kier alpha value is -2.72. The zero-order valence-electron chi connectivity index (χ0n) is 18.5. The molecule has 2 aromatic carbocycles. The molecule has 1 N–H and O–H groups in total. The molecule has 3 amide bonds. The number of rotatable bonds is 9. The summed E-state index contributed by atoms with van der Waals surface area (Å²) in [6, 6.07) is 12.8. The van der Waals surface area contributed by atoms with Crippen molar-refractivity contribution < 1.29 is 22.8 Å². The summed E-state index contributed by atoms with van der Waals surface area (Å²) in [4.78, 5) is 39.5. The quantitative estimate of drug-likeness (QED) is 0.531. The minimum atomic E-state index is -3.91. The zero-order valence-corrected chi connectivity index (χ0v) is 20.9. The van der Waals surface area contributed by atoms with E-state index in [1.54, 1.807) is 26.0 Å². The van der Waals surface area contributed by atoms with Crippen molar-refractivity contribution in [2.24, 2.45) is 0 Å². The minimum absolute atomic E-state index is 0.00405. The molecule has 1 aliphatic rings. The van der Waals surface area contributed by atoms with E-state index in [0.717, 1.165) is 14.3 Å². The van der Waals surface area contributed by atoms with Gasteiger partial charge in [0.2, 0.25) is 11.8 Å². The zero-order chi connectivity index (χ0) is 24.2. The highest BCUT2D eigenvalue weighted by molar-refractivity contribution is 9.10. The van der Waals surface area contributed by atoms with E-state index in [9.17, 15) is 22.8 Å². The maximum absolute atomic E-state index is 13.1. The fraction of sp³-hybridized carbons (Fsp3) is 0.348. The van der Waals surface area contributed by atoms with Gasteiger partial charge in [0.1, 0.15) is 10.9 Å². The molecule has 0 fully saturated rings. The number of hydrogen-bond acceptors (Lipinski definition) is 5. The highest BCUT2D eigenvalue weighted by atomic mass is 79.9. The third-order valence-corrected chi connectivity index (χ3v) is 7.82. The number of amides is 3. The molecule has 0 saturated heterocycles. The number of hydrogen-bond donors (Lipinski definition) is 1. The van der Waals surface area contributed by atoms with Crippen LogP contribution in [0.25, 0.3) is 0 Å². The van der Waals surface area contributed by atoms with Gasteiger partial charge in [-0.2, -0.15) is 0 Å². The monoisotopic (exact) mass is 535 g/mol. The average Bonchev–Trinajstić information content (AvgIpc) is 2.99. The number of halogens is 1. The van der Waals surface area contributed by atoms with Gasteiger partial charge >= 0.3 is 0 Å². The van der Waals surface area contributed by atoms with Crippen molar-refractivity contribution in [1.29, 1.82) is 0 Å². The Balaban J connectivity index is 1.70. The fourth-order valence-corrected chi connectivity index (χ4v) is 5.53. The fourth-order valence-electron chi connectivity index (χ4n) is 3.66. The Kier molecular flexibility index (Phi) is 7.91. The van der Waals surface area contributed by atoms with Crippen LogP contribution in [-0.4, -0.2) is 54.5 Å². The summed E-state index contributed by atoms with van der Waals surface area (Å²) in [6.07, 6.45) is 0.146. The van der Waals surface area contributed by atoms with Gasteiger partial charge in [0.05, 0.1) is 5.56 Å². The second-order valence-electron chi connectivity index (χ2n) is 7.70. The molecule has 0 radical (unpaired) electrons. The molecule has 1 aliphatic heterocycles. The lowest BCUT2D eigenvalue weighted by Crippen LogP contribution is -2.47. The number of nitrogens with zero attached hydrogens (tertiary/aromatic N) is 2. The van der Waals surface area contributed by atoms with Crippen molar-refractivity contribution in [3.05, 3.63) is 64.1 Å². The molecular weight excluding hydrogens is 510 g/mol. The van der Waals surface area contributed by atoms with Crippen molar-refractivity contribution in [2.45, 2.75) is 44.2 Å². The first-order chi connectivity index (χ1) is 15.7. The SMILES string of the molecule is CCNC(=O)C(C)N(Cc1ccc(Br)cc1)C(=O)CCCN1C(=O)c2ccccc2S1(=O)=O. The molecule has 0 saturated carbocycles. The van der Waals surface area contributed by atoms with Gasteiger partial charge in [-0.05, 0) is 50.1 Å². The van der Waals surface area contributed by atoms with Crippen LogP contribution in [0.3, 0.4) is 0 Å². The van der Waals surface area contributed by atoms with Gasteiger partial charge in [-0.1, -0.05) is 40.2 Å². The van der Waals surface area contributed by atoms with Gasteiger partial charge in [-0.3, -0.25) is 14.4 Å². The van der Waals surface area contributed by atoms with Crippen molar-refractivity contribution in [1.82, 2.24) is 14.5 Å². The molecule has 176 valence electrons. The second-order valence-corrected chi connectivity index (χ2v) is 10.4. The van der Waals surface area contributed by atoms with E-state index in [2.05, 4.69) is 21.2 Å². The van der Waals surface area contributed by atoms with Crippen molar-refractivity contribution in [2.75, 3.05) is 13.1 Å². The lowest BCUT2D eigenvalue weighted by Gasteiger charge is -2.29. The van der Waals surface area contributed by atoms with Gasteiger partial charge in [-0.25, -0.2) is 12.7 Å². The van der Waals surface area contributed by atoms with Crippen LogP contribution in [0.1, 0.15) is 42.6 Å². The first-order valence-corrected chi connectivity index (χ1v) is 12.9. The summed E-state index contributed by atoms with van der Waals surface area (Å²) < 4.78 is 27.1. The highest BCUT2D eigenvalue weighted by Crippen LogP contribution is 2.30. The molecule has 0 bridgehead atoms. The van der Waals surface area contributed by atoms with Gasteiger partial charge in [0.25, 0.3) is 15.9 Å². The number of benzene rings is 2. The van der Waals surface area contributed by atoms with E-state index in [-0.39, 0.29) is 48.2 Å². The first kappa shape index (κ1) is 24.9. The molecule has 33 heavy (non-hydrogen) atoms. The normalized spacial score (nSPS) is 15.1. The Morgan fingerprint density at radius 2 is 1.79 bits per heavy atom. The molecule has 1 unspecified atom stereocenters. The van der Waals surface area contributed by atoms with Crippen LogP contribution in [0, 0.1) is 0 Å². The van der Waals surface area contributed by atoms with Crippen LogP contribution in [0.5, 0.6) is 0 Å². The lowest BCUT2D eigenvalue weighted by atomic mass is 10.1. The summed E-state index contributed by atoms with van der Waals surface area (Å²) in [6.45, 7) is 4.03. The Morgan fingerprint density at radius 1 is 1.12 bits per heavy atom. The standard InChI is InChI=1S/C23H26BrN3O5S/c1-3-25-22(29)16(2)26(15-17-10-12-18(24)13-11-17)21(28)9-6-14-27-23(30)19-7-4-5-8-20(19)33(27,31)32/h4-5,7-8,10-13,16H,3,6,9,14-15H2,1-2H3,(H,25,29). The molecule has 0 spiro atoms. The predicted molar refractivity (Wildman–Crippen MR) is 127 cm³/mol. The second kappa shape index (κ2) is 10.5. The minimum Gasteiger partial charge on any atom is -0.355 e. The molecule has 10 heteroatoms. The van der Waals surface area contributed by atoms with Crippen LogP contribution >= 0.6 is 15.9 Å². The summed E-state index contributed by atoms with van der Waals surface area (Å²) in [5.74, 6) is -1.14. The van der Waals surface area contributed by atoms with E-state index in [1.165, 1.54) is 17.0 Å². The maximum Gasteiger partial charge on any atom is 0.269 e. The average molecular weight is 536 g/mol. The summed E-state index contributed by atoms with van der Waals surface area (Å²) in [7, 11) is -3.91. The maximum atomic E-state index is 13.1. The van der Waals surface area contributed by atoms with Gasteiger partial charge < -0.3 is 10.2 Å². The van der Waals surface area contributed by atoms with Crippen LogP contribution in [0.4, 0.5) is 0 Å². The summed E-state index contributed by atoms with van der Waals surface area (Å²) in [5.41, 5.74) is 1.00. The van der Waals surface area contributed by atoms with Crippen LogP contribution in [0.15, 0.2) is 57.9 Å². The number of fused-ring (bicyclic) bond motifs is 1. The summed E-state index contributed by atoms with van der Waals surface area (Å²) in [5, 5.41) is 2.73. The third kappa shape index (κ3) is 5.44. The molecule has 2 aromatic rings. The summed E-state index contributed by atoms with van der Waals surface area (Å²) >= 11 is 3.38. The number of carbonyl (C=O) groups is 3. The predicted octanol–water partition coefficient (Wildman–Crippen LogP) is 2.93. The number of sulfonamides is 1. The van der Waals surface area contributed by atoms with E-state index in [1.807, 2.05) is 24.3 Å². The van der Waals surface area contributed by atoms with Crippen molar-refractivity contribution >= 4 is 43.7 Å². The van der Waals surface area contributed by atoms with Gasteiger partial charge in [0, 0.05) is 30.5 Å². The first-order valence-electron chi connectivity index (χ1n) is 10.6. The van der Waals surface area contributed by atoms with Crippen LogP contribution in [-0.2, 0) is 26.2 Å². The van der Waals surface area contributed by atoms with Crippen molar-refractivity contribution in [3.8, 4) is 0 Å². The van der Waals surface area contributed by atoms with Gasteiger partial charge in [0.15, 0.2) is 0 Å². The third-order valence-electron chi connectivity index (χ3n) is 5.45. The Labute approximate surface area is 202 Å². The number of nitrogens with one attached hydrogen (secondary N) is 1. The lowest BCUT2D eigenvalue weighted by molar-refractivity contribution is -0.140. The molecule has 1 heterocycles. The van der Waals surface area contributed by atoms with E-state index < -0.39 is 22.0 Å². The Morgan fingerprint density at radius 3 is 2.42 bits per heavy atom. The van der Waals surface area contributed by atoms with Crippen molar-refractivity contribution in [3.63, 3.8) is 0 Å². The van der Waals surface area contributed by atoms with E-state index in [4.69, 9.17) is 0 Å². The van der Waals surface area contributed by atoms with E-state index in [0.29, 0.717) is 6.54 Å². The van der Waals surface area contributed by atoms with Crippen LogP contribution in [0.2, 0.25) is 0 Å². The van der Waals surface area contributed by atoms with Gasteiger partial charge in [-0.15, -0.1) is 0 Å². The van der Waals surface area contributed by atoms with Crippen LogP contribution < -0.4 is 5.32 Å². The molecule has 1 atom stereocenters. The molecular formula is C23H26BrN3O5S. The molecule has 0 aliphatic carbocycles. The largest absolute Gasteiger partial charge is 0.355 e. The number of carbonyl (C=O) groups excluding carboxylic acids is 3. The molecule has 0 aromatic heterocycles. The molecule has 8 nitrogen and oxygen atoms in total. The number of likely N-dealkylation sites (N-methyl/N-ethyl adjacent to an activating group) is 1. The highest BCUT2D eigenvalue weighted by Gasteiger charge is 2.40. The van der Waals surface area contributed by atoms with E-state index >= 15 is 0 Å². The topological polar surface area (TPSA) is 104 Å². The smallest absolute Gasteiger partial charge is 0.269 e. The molecule has 3 rings (SSSR count).